The number of hydrogen-bond acceptors (Lipinski definition) is 5. The van der Waals surface area contributed by atoms with Gasteiger partial charge in [0.1, 0.15) is 0 Å². The van der Waals surface area contributed by atoms with Crippen molar-refractivity contribution in [1.29, 1.82) is 0 Å². The van der Waals surface area contributed by atoms with Gasteiger partial charge in [0.25, 0.3) is 10.2 Å². The number of rotatable bonds is 6. The quantitative estimate of drug-likeness (QED) is 0.742. The first-order valence-electron chi connectivity index (χ1n) is 5.87. The normalized spacial score (nSPS) is 16.7. The molecule has 8 heteroatoms. The highest BCUT2D eigenvalue weighted by molar-refractivity contribution is 7.86. The van der Waals surface area contributed by atoms with Gasteiger partial charge in [-0.1, -0.05) is 5.16 Å². The molecule has 0 aliphatic heterocycles. The molecule has 1 aliphatic carbocycles. The van der Waals surface area contributed by atoms with E-state index in [0.717, 1.165) is 12.8 Å². The molecular formula is C10H18N4O3S. The lowest BCUT2D eigenvalue weighted by molar-refractivity contribution is 0.370. The molecule has 102 valence electrons. The van der Waals surface area contributed by atoms with Crippen molar-refractivity contribution < 1.29 is 12.9 Å². The molecule has 1 heterocycles. The van der Waals surface area contributed by atoms with E-state index in [9.17, 15) is 8.42 Å². The SMILES string of the molecule is CN(C)S(=O)(=O)N(C)CCc1noc(C2CC2)n1. The van der Waals surface area contributed by atoms with Gasteiger partial charge in [0.2, 0.25) is 5.89 Å². The van der Waals surface area contributed by atoms with Crippen molar-refractivity contribution in [3.8, 4) is 0 Å². The Hall–Kier alpha value is -0.990. The molecule has 0 aromatic carbocycles. The predicted octanol–water partition coefficient (Wildman–Crippen LogP) is 0.228. The molecular weight excluding hydrogens is 256 g/mol. The van der Waals surface area contributed by atoms with Gasteiger partial charge in [-0.25, -0.2) is 0 Å². The maximum Gasteiger partial charge on any atom is 0.281 e. The summed E-state index contributed by atoms with van der Waals surface area (Å²) in [6, 6.07) is 0. The third-order valence-electron chi connectivity index (χ3n) is 2.92. The minimum Gasteiger partial charge on any atom is -0.339 e. The molecule has 1 aliphatic rings. The minimum atomic E-state index is -3.36. The van der Waals surface area contributed by atoms with E-state index in [1.165, 1.54) is 29.8 Å². The fraction of sp³-hybridized carbons (Fsp3) is 0.800. The van der Waals surface area contributed by atoms with Gasteiger partial charge >= 0.3 is 0 Å². The van der Waals surface area contributed by atoms with Crippen LogP contribution in [0.5, 0.6) is 0 Å². The van der Waals surface area contributed by atoms with E-state index in [2.05, 4.69) is 10.1 Å². The van der Waals surface area contributed by atoms with Crippen molar-refractivity contribution in [3.63, 3.8) is 0 Å². The minimum absolute atomic E-state index is 0.337. The second-order valence-electron chi connectivity index (χ2n) is 4.68. The highest BCUT2D eigenvalue weighted by Crippen LogP contribution is 2.38. The van der Waals surface area contributed by atoms with Crippen LogP contribution in [0.3, 0.4) is 0 Å². The Morgan fingerprint density at radius 2 is 2.00 bits per heavy atom. The maximum absolute atomic E-state index is 11.8. The highest BCUT2D eigenvalue weighted by Gasteiger charge is 2.29. The zero-order valence-electron chi connectivity index (χ0n) is 10.8. The van der Waals surface area contributed by atoms with Crippen molar-refractivity contribution >= 4 is 10.2 Å². The summed E-state index contributed by atoms with van der Waals surface area (Å²) in [4.78, 5) is 4.26. The monoisotopic (exact) mass is 274 g/mol. The number of likely N-dealkylation sites (N-methyl/N-ethyl adjacent to an activating group) is 1. The van der Waals surface area contributed by atoms with Crippen LogP contribution in [-0.4, -0.2) is 54.9 Å². The van der Waals surface area contributed by atoms with Gasteiger partial charge in [0, 0.05) is 40.0 Å². The summed E-state index contributed by atoms with van der Waals surface area (Å²) in [5, 5.41) is 3.86. The van der Waals surface area contributed by atoms with E-state index >= 15 is 0 Å². The van der Waals surface area contributed by atoms with Crippen LogP contribution in [0.4, 0.5) is 0 Å². The Balaban J connectivity index is 1.90. The molecule has 18 heavy (non-hydrogen) atoms. The van der Waals surface area contributed by atoms with Crippen LogP contribution in [0.15, 0.2) is 4.52 Å². The van der Waals surface area contributed by atoms with E-state index in [-0.39, 0.29) is 0 Å². The summed E-state index contributed by atoms with van der Waals surface area (Å²) in [5.41, 5.74) is 0. The fourth-order valence-corrected chi connectivity index (χ4v) is 2.40. The first-order valence-corrected chi connectivity index (χ1v) is 7.27. The topological polar surface area (TPSA) is 79.5 Å². The number of hydrogen-bond donors (Lipinski definition) is 0. The van der Waals surface area contributed by atoms with Crippen molar-refractivity contribution in [2.45, 2.75) is 25.2 Å². The third-order valence-corrected chi connectivity index (χ3v) is 4.81. The van der Waals surface area contributed by atoms with Crippen LogP contribution in [0.25, 0.3) is 0 Å². The Labute approximate surface area is 107 Å². The summed E-state index contributed by atoms with van der Waals surface area (Å²) < 4.78 is 31.1. The molecule has 0 radical (unpaired) electrons. The van der Waals surface area contributed by atoms with Crippen molar-refractivity contribution in [3.05, 3.63) is 11.7 Å². The zero-order valence-corrected chi connectivity index (χ0v) is 11.6. The lowest BCUT2D eigenvalue weighted by atomic mass is 10.4. The van der Waals surface area contributed by atoms with Crippen LogP contribution >= 0.6 is 0 Å². The largest absolute Gasteiger partial charge is 0.339 e. The molecule has 0 saturated heterocycles. The molecule has 7 nitrogen and oxygen atoms in total. The summed E-state index contributed by atoms with van der Waals surface area (Å²) in [7, 11) is 1.19. The second kappa shape index (κ2) is 4.94. The molecule has 1 fully saturated rings. The van der Waals surface area contributed by atoms with Gasteiger partial charge in [0.15, 0.2) is 5.82 Å². The van der Waals surface area contributed by atoms with Gasteiger partial charge in [-0.3, -0.25) is 0 Å². The van der Waals surface area contributed by atoms with Crippen LogP contribution < -0.4 is 0 Å². The van der Waals surface area contributed by atoms with E-state index in [1.54, 1.807) is 0 Å². The Morgan fingerprint density at radius 3 is 2.56 bits per heavy atom. The Bertz CT molecular complexity index is 507. The summed E-state index contributed by atoms with van der Waals surface area (Å²) >= 11 is 0. The second-order valence-corrected chi connectivity index (χ2v) is 6.93. The lowest BCUT2D eigenvalue weighted by Crippen LogP contribution is -2.38. The lowest BCUT2D eigenvalue weighted by Gasteiger charge is -2.20. The van der Waals surface area contributed by atoms with E-state index < -0.39 is 10.2 Å². The van der Waals surface area contributed by atoms with Gasteiger partial charge in [-0.05, 0) is 12.8 Å². The number of nitrogens with zero attached hydrogens (tertiary/aromatic N) is 4. The van der Waals surface area contributed by atoms with Gasteiger partial charge in [-0.2, -0.15) is 22.0 Å². The number of aromatic nitrogens is 2. The summed E-state index contributed by atoms with van der Waals surface area (Å²) in [6.07, 6.45) is 2.67. The molecule has 1 aromatic heterocycles. The molecule has 0 bridgehead atoms. The van der Waals surface area contributed by atoms with E-state index in [1.807, 2.05) is 0 Å². The van der Waals surface area contributed by atoms with Crippen molar-refractivity contribution in [1.82, 2.24) is 18.8 Å². The van der Waals surface area contributed by atoms with Crippen LogP contribution in [-0.2, 0) is 16.6 Å². The van der Waals surface area contributed by atoms with Crippen LogP contribution in [0.2, 0.25) is 0 Å². The van der Waals surface area contributed by atoms with Crippen molar-refractivity contribution in [2.75, 3.05) is 27.7 Å². The van der Waals surface area contributed by atoms with Gasteiger partial charge in [-0.15, -0.1) is 0 Å². The zero-order chi connectivity index (χ0) is 13.3. The maximum atomic E-state index is 11.8. The van der Waals surface area contributed by atoms with Crippen molar-refractivity contribution in [2.24, 2.45) is 0 Å². The van der Waals surface area contributed by atoms with Crippen LogP contribution in [0.1, 0.15) is 30.5 Å². The average Bonchev–Trinajstić information content (AvgIpc) is 3.05. The molecule has 0 spiro atoms. The molecule has 0 N–H and O–H groups in total. The molecule has 0 unspecified atom stereocenters. The highest BCUT2D eigenvalue weighted by atomic mass is 32.2. The van der Waals surface area contributed by atoms with Crippen LogP contribution in [0, 0.1) is 0 Å². The molecule has 0 amide bonds. The first kappa shape index (κ1) is 13.4. The van der Waals surface area contributed by atoms with Gasteiger partial charge < -0.3 is 4.52 Å². The Morgan fingerprint density at radius 1 is 1.33 bits per heavy atom. The molecule has 1 aromatic rings. The average molecular weight is 274 g/mol. The Kier molecular flexibility index (Phi) is 3.69. The third kappa shape index (κ3) is 2.88. The standard InChI is InChI=1S/C10H18N4O3S/c1-13(2)18(15,16)14(3)7-6-9-11-10(17-12-9)8-4-5-8/h8H,4-7H2,1-3H3. The smallest absolute Gasteiger partial charge is 0.281 e. The van der Waals surface area contributed by atoms with Gasteiger partial charge in [0.05, 0.1) is 0 Å². The molecule has 0 atom stereocenters. The summed E-state index contributed by atoms with van der Waals surface area (Å²) in [5.74, 6) is 1.68. The van der Waals surface area contributed by atoms with E-state index in [0.29, 0.717) is 30.6 Å². The van der Waals surface area contributed by atoms with E-state index in [4.69, 9.17) is 4.52 Å². The summed E-state index contributed by atoms with van der Waals surface area (Å²) in [6.45, 7) is 0.337. The first-order chi connectivity index (χ1) is 8.41. The fourth-order valence-electron chi connectivity index (χ4n) is 1.52. The molecule has 2 rings (SSSR count). The predicted molar refractivity (Wildman–Crippen MR) is 65.2 cm³/mol. The molecule has 1 saturated carbocycles.